The fourth-order valence-corrected chi connectivity index (χ4v) is 4.41. The highest BCUT2D eigenvalue weighted by Gasteiger charge is 2.37. The Hall–Kier alpha value is -1.55. The average Bonchev–Trinajstić information content (AvgIpc) is 3.06. The van der Waals surface area contributed by atoms with Crippen LogP contribution in [-0.4, -0.2) is 55.5 Å². The van der Waals surface area contributed by atoms with Crippen molar-refractivity contribution in [3.05, 3.63) is 29.8 Å². The summed E-state index contributed by atoms with van der Waals surface area (Å²) in [6.07, 6.45) is 2.60. The molecule has 144 valence electrons. The Morgan fingerprint density at radius 3 is 2.38 bits per heavy atom. The minimum absolute atomic E-state index is 0.0705. The van der Waals surface area contributed by atoms with E-state index in [1.807, 2.05) is 26.0 Å². The van der Waals surface area contributed by atoms with Gasteiger partial charge in [0, 0.05) is 31.5 Å². The molecule has 0 bridgehead atoms. The summed E-state index contributed by atoms with van der Waals surface area (Å²) in [5.74, 6) is 3.04. The lowest BCUT2D eigenvalue weighted by atomic mass is 9.87. The molecule has 0 N–H and O–H groups in total. The van der Waals surface area contributed by atoms with E-state index in [1.54, 1.807) is 7.11 Å². The molecule has 3 rings (SSSR count). The quantitative estimate of drug-likeness (QED) is 0.806. The van der Waals surface area contributed by atoms with Gasteiger partial charge in [-0.3, -0.25) is 4.79 Å². The van der Waals surface area contributed by atoms with E-state index >= 15 is 0 Å². The molecule has 0 spiro atoms. The number of carbonyl (C=O) groups is 1. The number of ether oxygens (including phenoxy) is 1. The molecule has 2 unspecified atom stereocenters. The predicted octanol–water partition coefficient (Wildman–Crippen LogP) is 3.63. The number of carbonyl (C=O) groups excluding carboxylic acids is 1. The Labute approximate surface area is 158 Å². The van der Waals surface area contributed by atoms with E-state index in [9.17, 15) is 4.79 Å². The lowest BCUT2D eigenvalue weighted by Crippen LogP contribution is -2.38. The van der Waals surface area contributed by atoms with E-state index in [-0.39, 0.29) is 5.92 Å². The largest absolute Gasteiger partial charge is 0.497 e. The zero-order valence-electron chi connectivity index (χ0n) is 16.8. The highest BCUT2D eigenvalue weighted by Crippen LogP contribution is 2.35. The van der Waals surface area contributed by atoms with Gasteiger partial charge in [-0.05, 0) is 55.5 Å². The molecule has 0 aliphatic carbocycles. The van der Waals surface area contributed by atoms with Crippen LogP contribution in [0.25, 0.3) is 0 Å². The Balaban J connectivity index is 1.74. The summed E-state index contributed by atoms with van der Waals surface area (Å²) in [6, 6.07) is 8.44. The van der Waals surface area contributed by atoms with Gasteiger partial charge in [-0.15, -0.1) is 0 Å². The van der Waals surface area contributed by atoms with E-state index < -0.39 is 0 Å². The van der Waals surface area contributed by atoms with Gasteiger partial charge < -0.3 is 14.5 Å². The smallest absolute Gasteiger partial charge is 0.225 e. The molecule has 2 heterocycles. The normalized spacial score (nSPS) is 25.0. The van der Waals surface area contributed by atoms with E-state index in [1.165, 1.54) is 31.5 Å². The van der Waals surface area contributed by atoms with Gasteiger partial charge in [0.1, 0.15) is 5.75 Å². The van der Waals surface area contributed by atoms with Crippen LogP contribution in [0.2, 0.25) is 0 Å². The minimum atomic E-state index is 0.0705. The number of benzene rings is 1. The summed E-state index contributed by atoms with van der Waals surface area (Å²) in [7, 11) is 1.70. The summed E-state index contributed by atoms with van der Waals surface area (Å²) >= 11 is 0. The van der Waals surface area contributed by atoms with E-state index in [0.29, 0.717) is 17.7 Å². The fraction of sp³-hybridized carbons (Fsp3) is 0.682. The van der Waals surface area contributed by atoms with Gasteiger partial charge in [0.2, 0.25) is 5.91 Å². The Morgan fingerprint density at radius 1 is 1.15 bits per heavy atom. The van der Waals surface area contributed by atoms with Crippen LogP contribution in [0.1, 0.15) is 45.1 Å². The van der Waals surface area contributed by atoms with Crippen LogP contribution in [0, 0.1) is 17.8 Å². The molecule has 4 nitrogen and oxygen atoms in total. The molecule has 0 saturated carbocycles. The molecule has 1 aromatic carbocycles. The fourth-order valence-electron chi connectivity index (χ4n) is 4.41. The Bertz CT molecular complexity index is 591. The van der Waals surface area contributed by atoms with Crippen molar-refractivity contribution in [1.29, 1.82) is 0 Å². The maximum atomic E-state index is 12.6. The number of piperidine rings is 1. The molecule has 4 heteroatoms. The molecule has 2 aliphatic heterocycles. The molecule has 26 heavy (non-hydrogen) atoms. The number of hydrogen-bond donors (Lipinski definition) is 0. The first kappa shape index (κ1) is 19.2. The summed E-state index contributed by atoms with van der Waals surface area (Å²) in [6.45, 7) is 11.6. The molecule has 1 aromatic rings. The number of rotatable bonds is 5. The summed E-state index contributed by atoms with van der Waals surface area (Å²) in [5, 5.41) is 0. The second-order valence-electron chi connectivity index (χ2n) is 8.52. The van der Waals surface area contributed by atoms with Gasteiger partial charge in [-0.2, -0.15) is 0 Å². The first-order valence-corrected chi connectivity index (χ1v) is 10.1. The van der Waals surface area contributed by atoms with Crippen molar-refractivity contribution in [2.75, 3.05) is 39.8 Å². The topological polar surface area (TPSA) is 32.8 Å². The second kappa shape index (κ2) is 8.43. The lowest BCUT2D eigenvalue weighted by molar-refractivity contribution is -0.133. The van der Waals surface area contributed by atoms with Crippen molar-refractivity contribution >= 4 is 5.91 Å². The van der Waals surface area contributed by atoms with Gasteiger partial charge in [0.05, 0.1) is 7.11 Å². The van der Waals surface area contributed by atoms with Crippen LogP contribution in [-0.2, 0) is 4.79 Å². The third kappa shape index (κ3) is 4.40. The standard InChI is InChI=1S/C22H34N2O2/c1-16(2)22(25)24-14-19(13-23-11-9-17(3)10-12-23)21(15-24)18-5-7-20(26-4)8-6-18/h5-8,16-17,19,21H,9-15H2,1-4H3. The highest BCUT2D eigenvalue weighted by molar-refractivity contribution is 5.78. The first-order valence-electron chi connectivity index (χ1n) is 10.1. The molecule has 0 radical (unpaired) electrons. The van der Waals surface area contributed by atoms with Crippen LogP contribution >= 0.6 is 0 Å². The van der Waals surface area contributed by atoms with Crippen LogP contribution in [0.5, 0.6) is 5.75 Å². The van der Waals surface area contributed by atoms with Gasteiger partial charge >= 0.3 is 0 Å². The third-order valence-corrected chi connectivity index (χ3v) is 6.16. The minimum Gasteiger partial charge on any atom is -0.497 e. The van der Waals surface area contributed by atoms with Gasteiger partial charge in [0.25, 0.3) is 0 Å². The Kier molecular flexibility index (Phi) is 6.23. The third-order valence-electron chi connectivity index (χ3n) is 6.16. The van der Waals surface area contributed by atoms with E-state index in [0.717, 1.165) is 31.3 Å². The predicted molar refractivity (Wildman–Crippen MR) is 105 cm³/mol. The van der Waals surface area contributed by atoms with E-state index in [4.69, 9.17) is 4.74 Å². The SMILES string of the molecule is COc1ccc(C2CN(C(=O)C(C)C)CC2CN2CCC(C)CC2)cc1. The van der Waals surface area contributed by atoms with Crippen LogP contribution in [0.3, 0.4) is 0 Å². The number of amides is 1. The molecule has 2 atom stereocenters. The molecule has 2 saturated heterocycles. The maximum absolute atomic E-state index is 12.6. The summed E-state index contributed by atoms with van der Waals surface area (Å²) in [5.41, 5.74) is 1.33. The molecular formula is C22H34N2O2. The number of hydrogen-bond acceptors (Lipinski definition) is 3. The first-order chi connectivity index (χ1) is 12.5. The van der Waals surface area contributed by atoms with Crippen molar-refractivity contribution in [2.45, 2.75) is 39.5 Å². The monoisotopic (exact) mass is 358 g/mol. The summed E-state index contributed by atoms with van der Waals surface area (Å²) in [4.78, 5) is 17.3. The second-order valence-corrected chi connectivity index (χ2v) is 8.52. The lowest BCUT2D eigenvalue weighted by Gasteiger charge is -2.33. The highest BCUT2D eigenvalue weighted by atomic mass is 16.5. The zero-order chi connectivity index (χ0) is 18.7. The van der Waals surface area contributed by atoms with E-state index in [2.05, 4.69) is 28.9 Å². The van der Waals surface area contributed by atoms with Crippen LogP contribution < -0.4 is 4.74 Å². The van der Waals surface area contributed by atoms with Crippen molar-refractivity contribution in [2.24, 2.45) is 17.8 Å². The summed E-state index contributed by atoms with van der Waals surface area (Å²) < 4.78 is 5.31. The molecule has 0 aromatic heterocycles. The molecule has 2 aliphatic rings. The van der Waals surface area contributed by atoms with Crippen LogP contribution in [0.15, 0.2) is 24.3 Å². The van der Waals surface area contributed by atoms with Gasteiger partial charge in [-0.25, -0.2) is 0 Å². The Morgan fingerprint density at radius 2 is 1.81 bits per heavy atom. The molecule has 2 fully saturated rings. The van der Waals surface area contributed by atoms with Gasteiger partial charge in [-0.1, -0.05) is 32.9 Å². The van der Waals surface area contributed by atoms with Crippen LogP contribution in [0.4, 0.5) is 0 Å². The molecular weight excluding hydrogens is 324 g/mol. The average molecular weight is 359 g/mol. The number of methoxy groups -OCH3 is 1. The maximum Gasteiger partial charge on any atom is 0.225 e. The zero-order valence-corrected chi connectivity index (χ0v) is 16.8. The number of nitrogens with zero attached hydrogens (tertiary/aromatic N) is 2. The van der Waals surface area contributed by atoms with Crippen molar-refractivity contribution in [1.82, 2.24) is 9.80 Å². The van der Waals surface area contributed by atoms with Crippen molar-refractivity contribution in [3.8, 4) is 5.75 Å². The van der Waals surface area contributed by atoms with Crippen molar-refractivity contribution < 1.29 is 9.53 Å². The van der Waals surface area contributed by atoms with Gasteiger partial charge in [0.15, 0.2) is 0 Å². The number of likely N-dealkylation sites (tertiary alicyclic amines) is 2. The molecule has 1 amide bonds. The van der Waals surface area contributed by atoms with Crippen molar-refractivity contribution in [3.63, 3.8) is 0 Å².